The van der Waals surface area contributed by atoms with E-state index in [1.165, 1.54) is 6.20 Å². The van der Waals surface area contributed by atoms with E-state index < -0.39 is 6.10 Å². The van der Waals surface area contributed by atoms with Gasteiger partial charge >= 0.3 is 0 Å². The van der Waals surface area contributed by atoms with Crippen LogP contribution < -0.4 is 21.5 Å². The van der Waals surface area contributed by atoms with Crippen LogP contribution in [0.2, 0.25) is 0 Å². The maximum atomic E-state index is 13.2. The third-order valence-electron chi connectivity index (χ3n) is 7.09. The molecule has 3 aromatic heterocycles. The smallest absolute Gasteiger partial charge is 0.274 e. The molecule has 2 saturated carbocycles. The summed E-state index contributed by atoms with van der Waals surface area (Å²) in [7, 11) is 3.39. The van der Waals surface area contributed by atoms with Gasteiger partial charge in [0.15, 0.2) is 5.65 Å². The predicted molar refractivity (Wildman–Crippen MR) is 131 cm³/mol. The number of aliphatic hydroxyl groups is 1. The van der Waals surface area contributed by atoms with Gasteiger partial charge in [0.2, 0.25) is 0 Å². The summed E-state index contributed by atoms with van der Waals surface area (Å²) < 4.78 is 8.53. The van der Waals surface area contributed by atoms with Crippen LogP contribution in [0.25, 0.3) is 5.65 Å². The van der Waals surface area contributed by atoms with Crippen molar-refractivity contribution in [1.29, 1.82) is 0 Å². The number of nitrogens with zero attached hydrogens (tertiary/aromatic N) is 4. The Labute approximate surface area is 202 Å². The number of pyridine rings is 1. The minimum atomic E-state index is -0.539. The average Bonchev–Trinajstić information content (AvgIpc) is 3.27. The molecule has 4 atom stereocenters. The summed E-state index contributed by atoms with van der Waals surface area (Å²) in [6.07, 6.45) is 7.86. The second-order valence-corrected chi connectivity index (χ2v) is 9.18. The molecule has 2 aliphatic rings. The largest absolute Gasteiger partial charge is 0.391 e. The molecule has 0 aromatic carbocycles. The summed E-state index contributed by atoms with van der Waals surface area (Å²) in [6, 6.07) is 4.91. The van der Waals surface area contributed by atoms with Crippen LogP contribution in [0, 0.1) is 0 Å². The fraction of sp³-hybridized carbons (Fsp3) is 0.500. The number of carbonyl (C=O) groups excluding carboxylic acids is 1. The van der Waals surface area contributed by atoms with Gasteiger partial charge in [-0.2, -0.15) is 9.61 Å². The van der Waals surface area contributed by atoms with Crippen molar-refractivity contribution in [3.63, 3.8) is 0 Å². The van der Waals surface area contributed by atoms with Gasteiger partial charge in [-0.25, -0.2) is 4.98 Å². The van der Waals surface area contributed by atoms with Crippen molar-refractivity contribution in [2.75, 3.05) is 24.8 Å². The van der Waals surface area contributed by atoms with E-state index in [0.29, 0.717) is 35.0 Å². The zero-order valence-electron chi connectivity index (χ0n) is 19.9. The van der Waals surface area contributed by atoms with E-state index in [1.54, 1.807) is 47.6 Å². The van der Waals surface area contributed by atoms with Crippen LogP contribution >= 0.6 is 0 Å². The van der Waals surface area contributed by atoms with E-state index >= 15 is 0 Å². The molecule has 186 valence electrons. The number of aliphatic hydroxyl groups excluding tert-OH is 1. The molecule has 11 nitrogen and oxygen atoms in total. The number of rotatable bonds is 7. The Hall–Kier alpha value is -3.44. The highest BCUT2D eigenvalue weighted by atomic mass is 16.5. The first kappa shape index (κ1) is 23.3. The number of hydrogen-bond donors (Lipinski definition) is 4. The van der Waals surface area contributed by atoms with Gasteiger partial charge in [-0.05, 0) is 37.8 Å². The van der Waals surface area contributed by atoms with Gasteiger partial charge in [0.25, 0.3) is 11.5 Å². The maximum absolute atomic E-state index is 13.2. The van der Waals surface area contributed by atoms with Crippen LogP contribution in [-0.2, 0) is 4.74 Å². The van der Waals surface area contributed by atoms with E-state index in [9.17, 15) is 14.7 Å². The monoisotopic (exact) mass is 481 g/mol. The standard InChI is InChI=1S/C24H31N7O4/c1-25-21-12-20(27-16-6-5-11-30(24(16)34)17-7-3-4-8-18(17)32)29-22-14(13-26-31(21)22)23(33)28-15-9-10-19(15)35-2/h5-6,11-13,15,17-19,25,32H,3-4,7-10H2,1-2H3,(H,27,29)(H,28,33)/t15-,17-,18+,19-/m0/s1. The van der Waals surface area contributed by atoms with Crippen LogP contribution in [0.3, 0.4) is 0 Å². The third-order valence-corrected chi connectivity index (χ3v) is 7.09. The van der Waals surface area contributed by atoms with Crippen molar-refractivity contribution >= 4 is 28.9 Å². The number of hydrogen-bond acceptors (Lipinski definition) is 8. The molecule has 5 rings (SSSR count). The lowest BCUT2D eigenvalue weighted by atomic mass is 9.89. The Morgan fingerprint density at radius 3 is 2.77 bits per heavy atom. The molecule has 2 aliphatic carbocycles. The second-order valence-electron chi connectivity index (χ2n) is 9.18. The normalized spacial score (nSPS) is 24.1. The minimum absolute atomic E-state index is 0.0155. The summed E-state index contributed by atoms with van der Waals surface area (Å²) in [5.74, 6) is 0.731. The molecule has 2 fully saturated rings. The van der Waals surface area contributed by atoms with Crippen LogP contribution in [0.1, 0.15) is 54.9 Å². The number of aromatic nitrogens is 4. The minimum Gasteiger partial charge on any atom is -0.391 e. The Bertz CT molecular complexity index is 1280. The van der Waals surface area contributed by atoms with E-state index in [1.807, 2.05) is 0 Å². The molecule has 0 bridgehead atoms. The Balaban J connectivity index is 1.45. The van der Waals surface area contributed by atoms with Gasteiger partial charge in [-0.1, -0.05) is 12.8 Å². The molecule has 0 spiro atoms. The van der Waals surface area contributed by atoms with Crippen molar-refractivity contribution < 1.29 is 14.6 Å². The molecule has 11 heteroatoms. The fourth-order valence-corrected chi connectivity index (χ4v) is 4.95. The fourth-order valence-electron chi connectivity index (χ4n) is 4.95. The van der Waals surface area contributed by atoms with Gasteiger partial charge in [-0.15, -0.1) is 0 Å². The molecule has 0 aliphatic heterocycles. The first-order chi connectivity index (χ1) is 17.0. The second kappa shape index (κ2) is 9.67. The SMILES string of the molecule is CNc1cc(Nc2cccn([C@H]3CCCC[C@H]3O)c2=O)nc2c(C(=O)N[C@H]3CC[C@@H]3OC)cnn12. The van der Waals surface area contributed by atoms with Crippen molar-refractivity contribution in [2.24, 2.45) is 0 Å². The van der Waals surface area contributed by atoms with Crippen molar-refractivity contribution in [2.45, 2.75) is 62.8 Å². The number of nitrogens with one attached hydrogen (secondary N) is 3. The highest BCUT2D eigenvalue weighted by Gasteiger charge is 2.33. The molecule has 4 N–H and O–H groups in total. The maximum Gasteiger partial charge on any atom is 0.274 e. The number of anilines is 3. The quantitative estimate of drug-likeness (QED) is 0.403. The number of ether oxygens (including phenoxy) is 1. The van der Waals surface area contributed by atoms with Crippen molar-refractivity contribution in [1.82, 2.24) is 24.5 Å². The summed E-state index contributed by atoms with van der Waals surface area (Å²) in [4.78, 5) is 30.8. The molecule has 0 saturated heterocycles. The van der Waals surface area contributed by atoms with Crippen LogP contribution in [0.15, 0.2) is 35.4 Å². The van der Waals surface area contributed by atoms with E-state index in [0.717, 1.165) is 32.1 Å². The summed E-state index contributed by atoms with van der Waals surface area (Å²) >= 11 is 0. The highest BCUT2D eigenvalue weighted by Crippen LogP contribution is 2.28. The predicted octanol–water partition coefficient (Wildman–Crippen LogP) is 2.06. The number of fused-ring (bicyclic) bond motifs is 1. The number of methoxy groups -OCH3 is 1. The summed E-state index contributed by atoms with van der Waals surface area (Å²) in [6.45, 7) is 0. The van der Waals surface area contributed by atoms with E-state index in [4.69, 9.17) is 4.74 Å². The molecule has 3 heterocycles. The molecular weight excluding hydrogens is 450 g/mol. The van der Waals surface area contributed by atoms with Crippen LogP contribution in [-0.4, -0.2) is 62.6 Å². The third kappa shape index (κ3) is 4.37. The zero-order chi connectivity index (χ0) is 24.5. The molecule has 1 amide bonds. The Morgan fingerprint density at radius 1 is 1.23 bits per heavy atom. The molecular formula is C24H31N7O4. The van der Waals surface area contributed by atoms with Gasteiger partial charge in [0.05, 0.1) is 30.5 Å². The van der Waals surface area contributed by atoms with Gasteiger partial charge in [0, 0.05) is 26.4 Å². The lowest BCUT2D eigenvalue weighted by Gasteiger charge is -2.35. The summed E-state index contributed by atoms with van der Waals surface area (Å²) in [5.41, 5.74) is 0.812. The van der Waals surface area contributed by atoms with E-state index in [-0.39, 0.29) is 29.7 Å². The molecule has 3 aromatic rings. The molecule has 0 radical (unpaired) electrons. The number of carbonyl (C=O) groups is 1. The summed E-state index contributed by atoms with van der Waals surface area (Å²) in [5, 5.41) is 23.9. The highest BCUT2D eigenvalue weighted by molar-refractivity contribution is 6.00. The first-order valence-corrected chi connectivity index (χ1v) is 12.1. The number of amides is 1. The lowest BCUT2D eigenvalue weighted by molar-refractivity contribution is 0.00732. The van der Waals surface area contributed by atoms with Gasteiger partial charge in [0.1, 0.15) is 22.9 Å². The van der Waals surface area contributed by atoms with Crippen LogP contribution in [0.5, 0.6) is 0 Å². The zero-order valence-corrected chi connectivity index (χ0v) is 19.9. The van der Waals surface area contributed by atoms with Crippen LogP contribution in [0.4, 0.5) is 17.3 Å². The first-order valence-electron chi connectivity index (χ1n) is 12.1. The average molecular weight is 482 g/mol. The molecule has 35 heavy (non-hydrogen) atoms. The van der Waals surface area contributed by atoms with Gasteiger partial charge < -0.3 is 30.4 Å². The lowest BCUT2D eigenvalue weighted by Crippen LogP contribution is -2.51. The van der Waals surface area contributed by atoms with Crippen molar-refractivity contribution in [3.05, 3.63) is 46.5 Å². The Kier molecular flexibility index (Phi) is 6.44. The van der Waals surface area contributed by atoms with E-state index in [2.05, 4.69) is 26.0 Å². The topological polar surface area (TPSA) is 135 Å². The Morgan fingerprint density at radius 2 is 2.06 bits per heavy atom. The van der Waals surface area contributed by atoms with Crippen molar-refractivity contribution in [3.8, 4) is 0 Å². The molecule has 0 unspecified atom stereocenters. The van der Waals surface area contributed by atoms with Gasteiger partial charge in [-0.3, -0.25) is 9.59 Å².